The molecule has 6 nitrogen and oxygen atoms in total. The molecule has 4 rings (SSSR count). The number of benzene rings is 1. The Kier molecular flexibility index (Phi) is 3.68. The second-order valence-corrected chi connectivity index (χ2v) is 8.76. The first-order chi connectivity index (χ1) is 11.5. The molecule has 0 spiro atoms. The van der Waals surface area contributed by atoms with E-state index >= 15 is 0 Å². The summed E-state index contributed by atoms with van der Waals surface area (Å²) in [5.74, 6) is 1.72. The van der Waals surface area contributed by atoms with Crippen molar-refractivity contribution in [3.63, 3.8) is 0 Å². The highest BCUT2D eigenvalue weighted by atomic mass is 32.2. The predicted octanol–water partition coefficient (Wildman–Crippen LogP) is 2.16. The smallest absolute Gasteiger partial charge is 0.224 e. The van der Waals surface area contributed by atoms with Gasteiger partial charge < -0.3 is 10.2 Å². The van der Waals surface area contributed by atoms with Crippen LogP contribution in [0.2, 0.25) is 0 Å². The van der Waals surface area contributed by atoms with Gasteiger partial charge in [0.25, 0.3) is 0 Å². The van der Waals surface area contributed by atoms with E-state index in [0.717, 1.165) is 12.2 Å². The molecule has 1 saturated heterocycles. The number of para-hydroxylation sites is 1. The van der Waals surface area contributed by atoms with Crippen LogP contribution in [0.3, 0.4) is 0 Å². The van der Waals surface area contributed by atoms with Crippen LogP contribution in [0.25, 0.3) is 0 Å². The molecule has 0 bridgehead atoms. The Balaban J connectivity index is 1.59. The molecule has 0 amide bonds. The molecule has 2 aromatic rings. The first-order valence-electron chi connectivity index (χ1n) is 8.19. The van der Waals surface area contributed by atoms with Crippen LogP contribution in [0.4, 0.5) is 17.5 Å². The standard InChI is InChI=1S/C17H20N4O2S/c1-12-10-13-4-2-3-5-15(13)21(12)16-6-8-18-17(20-16)19-14-7-9-24(22,23)11-14/h2-6,8,12,14H,7,9-11H2,1H3,(H,18,19,20). The maximum absolute atomic E-state index is 11.6. The molecule has 1 aromatic carbocycles. The molecule has 2 atom stereocenters. The zero-order valence-corrected chi connectivity index (χ0v) is 14.3. The lowest BCUT2D eigenvalue weighted by molar-refractivity contribution is 0.602. The van der Waals surface area contributed by atoms with Gasteiger partial charge in [-0.3, -0.25) is 0 Å². The van der Waals surface area contributed by atoms with Crippen LogP contribution >= 0.6 is 0 Å². The van der Waals surface area contributed by atoms with Crippen molar-refractivity contribution >= 4 is 27.3 Å². The normalized spacial score (nSPS) is 24.8. The van der Waals surface area contributed by atoms with Crippen LogP contribution in [0.5, 0.6) is 0 Å². The number of anilines is 3. The van der Waals surface area contributed by atoms with Gasteiger partial charge in [-0.15, -0.1) is 0 Å². The second-order valence-electron chi connectivity index (χ2n) is 6.53. The third kappa shape index (κ3) is 2.84. The van der Waals surface area contributed by atoms with Crippen molar-refractivity contribution in [1.29, 1.82) is 0 Å². The number of sulfone groups is 1. The lowest BCUT2D eigenvalue weighted by Gasteiger charge is -2.24. The Labute approximate surface area is 141 Å². The maximum atomic E-state index is 11.6. The number of hydrogen-bond donors (Lipinski definition) is 1. The van der Waals surface area contributed by atoms with Crippen molar-refractivity contribution in [3.8, 4) is 0 Å². The van der Waals surface area contributed by atoms with Crippen molar-refractivity contribution in [3.05, 3.63) is 42.1 Å². The molecule has 0 aliphatic carbocycles. The minimum Gasteiger partial charge on any atom is -0.350 e. The summed E-state index contributed by atoms with van der Waals surface area (Å²) in [4.78, 5) is 11.1. The summed E-state index contributed by atoms with van der Waals surface area (Å²) in [5.41, 5.74) is 2.50. The van der Waals surface area contributed by atoms with Gasteiger partial charge >= 0.3 is 0 Å². The van der Waals surface area contributed by atoms with Crippen LogP contribution in [-0.4, -0.2) is 42.0 Å². The molecule has 0 saturated carbocycles. The fourth-order valence-electron chi connectivity index (χ4n) is 3.56. The predicted molar refractivity (Wildman–Crippen MR) is 94.5 cm³/mol. The minimum atomic E-state index is -2.92. The van der Waals surface area contributed by atoms with Crippen LogP contribution < -0.4 is 10.2 Å². The zero-order valence-electron chi connectivity index (χ0n) is 13.5. The summed E-state index contributed by atoms with van der Waals surface area (Å²) in [6.07, 6.45) is 3.32. The molecular weight excluding hydrogens is 324 g/mol. The summed E-state index contributed by atoms with van der Waals surface area (Å²) >= 11 is 0. The fraction of sp³-hybridized carbons (Fsp3) is 0.412. The van der Waals surface area contributed by atoms with E-state index in [0.29, 0.717) is 18.4 Å². The summed E-state index contributed by atoms with van der Waals surface area (Å²) < 4.78 is 23.2. The van der Waals surface area contributed by atoms with Gasteiger partial charge in [-0.2, -0.15) is 4.98 Å². The summed E-state index contributed by atoms with van der Waals surface area (Å²) in [5, 5.41) is 3.17. The molecule has 1 N–H and O–H groups in total. The molecule has 0 radical (unpaired) electrons. The van der Waals surface area contributed by atoms with E-state index in [1.54, 1.807) is 6.20 Å². The highest BCUT2D eigenvalue weighted by Crippen LogP contribution is 2.37. The summed E-state index contributed by atoms with van der Waals surface area (Å²) in [6.45, 7) is 2.18. The molecule has 2 unspecified atom stereocenters. The molecule has 1 aromatic heterocycles. The van der Waals surface area contributed by atoms with E-state index in [4.69, 9.17) is 0 Å². The first-order valence-corrected chi connectivity index (χ1v) is 10.0. The Bertz CT molecular complexity index is 868. The number of aromatic nitrogens is 2. The largest absolute Gasteiger partial charge is 0.350 e. The van der Waals surface area contributed by atoms with E-state index in [1.165, 1.54) is 11.3 Å². The summed E-state index contributed by atoms with van der Waals surface area (Å²) in [7, 11) is -2.92. The van der Waals surface area contributed by atoms with Gasteiger partial charge in [0.2, 0.25) is 5.95 Å². The van der Waals surface area contributed by atoms with Crippen molar-refractivity contribution < 1.29 is 8.42 Å². The highest BCUT2D eigenvalue weighted by molar-refractivity contribution is 7.91. The molecule has 3 heterocycles. The highest BCUT2D eigenvalue weighted by Gasteiger charge is 2.30. The van der Waals surface area contributed by atoms with Crippen LogP contribution in [0.1, 0.15) is 18.9 Å². The topological polar surface area (TPSA) is 75.2 Å². The van der Waals surface area contributed by atoms with Crippen molar-refractivity contribution in [2.45, 2.75) is 31.8 Å². The molecule has 24 heavy (non-hydrogen) atoms. The number of fused-ring (bicyclic) bond motifs is 1. The van der Waals surface area contributed by atoms with Gasteiger partial charge in [0.1, 0.15) is 5.82 Å². The summed E-state index contributed by atoms with van der Waals surface area (Å²) in [6, 6.07) is 10.5. The van der Waals surface area contributed by atoms with Crippen molar-refractivity contribution in [2.75, 3.05) is 21.7 Å². The average molecular weight is 344 g/mol. The van der Waals surface area contributed by atoms with Crippen molar-refractivity contribution in [2.24, 2.45) is 0 Å². The van der Waals surface area contributed by atoms with E-state index in [1.807, 2.05) is 12.1 Å². The maximum Gasteiger partial charge on any atom is 0.224 e. The van der Waals surface area contributed by atoms with Gasteiger partial charge in [0.05, 0.1) is 11.5 Å². The van der Waals surface area contributed by atoms with Crippen LogP contribution in [0, 0.1) is 0 Å². The lowest BCUT2D eigenvalue weighted by atomic mass is 10.1. The Hall–Kier alpha value is -2.15. The van der Waals surface area contributed by atoms with E-state index < -0.39 is 9.84 Å². The SMILES string of the molecule is CC1Cc2ccccc2N1c1ccnc(NC2CCS(=O)(=O)C2)n1. The Morgan fingerprint density at radius 1 is 1.25 bits per heavy atom. The number of nitrogens with one attached hydrogen (secondary N) is 1. The van der Waals surface area contributed by atoms with E-state index in [9.17, 15) is 8.42 Å². The molecule has 2 aliphatic heterocycles. The van der Waals surface area contributed by atoms with Crippen LogP contribution in [-0.2, 0) is 16.3 Å². The lowest BCUT2D eigenvalue weighted by Crippen LogP contribution is -2.26. The molecule has 1 fully saturated rings. The Morgan fingerprint density at radius 2 is 2.08 bits per heavy atom. The average Bonchev–Trinajstić information content (AvgIpc) is 3.05. The fourth-order valence-corrected chi connectivity index (χ4v) is 5.23. The van der Waals surface area contributed by atoms with E-state index in [2.05, 4.69) is 45.3 Å². The number of hydrogen-bond acceptors (Lipinski definition) is 6. The molecule has 126 valence electrons. The van der Waals surface area contributed by atoms with Crippen LogP contribution in [0.15, 0.2) is 36.5 Å². The molecule has 2 aliphatic rings. The van der Waals surface area contributed by atoms with Crippen molar-refractivity contribution in [1.82, 2.24) is 9.97 Å². The quantitative estimate of drug-likeness (QED) is 0.920. The first kappa shape index (κ1) is 15.4. The van der Waals surface area contributed by atoms with E-state index in [-0.39, 0.29) is 17.5 Å². The van der Waals surface area contributed by atoms with Gasteiger partial charge in [-0.05, 0) is 37.5 Å². The third-order valence-electron chi connectivity index (χ3n) is 4.66. The van der Waals surface area contributed by atoms with Gasteiger partial charge in [0.15, 0.2) is 9.84 Å². The third-order valence-corrected chi connectivity index (χ3v) is 6.43. The van der Waals surface area contributed by atoms with Gasteiger partial charge in [-0.1, -0.05) is 18.2 Å². The van der Waals surface area contributed by atoms with Gasteiger partial charge in [-0.25, -0.2) is 13.4 Å². The zero-order chi connectivity index (χ0) is 16.7. The second kappa shape index (κ2) is 5.73. The van der Waals surface area contributed by atoms with Gasteiger partial charge in [0, 0.05) is 24.0 Å². The minimum absolute atomic E-state index is 0.103. The molecule has 7 heteroatoms. The number of nitrogens with zero attached hydrogens (tertiary/aromatic N) is 3. The monoisotopic (exact) mass is 344 g/mol. The number of rotatable bonds is 3. The molecular formula is C17H20N4O2S. The Morgan fingerprint density at radius 3 is 2.88 bits per heavy atom.